The molecule has 0 saturated heterocycles. The van der Waals surface area contributed by atoms with E-state index < -0.39 is 12.0 Å². The second kappa shape index (κ2) is 5.86. The number of rotatable bonds is 5. The topological polar surface area (TPSA) is 63.3 Å². The van der Waals surface area contributed by atoms with E-state index >= 15 is 0 Å². The van der Waals surface area contributed by atoms with Crippen LogP contribution in [-0.2, 0) is 10.5 Å². The molecule has 0 radical (unpaired) electrons. The van der Waals surface area contributed by atoms with Gasteiger partial charge in [-0.25, -0.2) is 4.39 Å². The van der Waals surface area contributed by atoms with E-state index in [1.165, 1.54) is 23.9 Å². The molecular formula is C11H14FNO2S. The SMILES string of the molecule is Cc1ccc(F)cc1CSC[C@H](N)C(=O)O. The summed E-state index contributed by atoms with van der Waals surface area (Å²) in [5.74, 6) is -0.386. The fraction of sp³-hybridized carbons (Fsp3) is 0.364. The van der Waals surface area contributed by atoms with E-state index in [2.05, 4.69) is 0 Å². The number of carbonyl (C=O) groups is 1. The molecule has 0 spiro atoms. The van der Waals surface area contributed by atoms with Gasteiger partial charge in [-0.1, -0.05) is 6.07 Å². The van der Waals surface area contributed by atoms with Crippen molar-refractivity contribution in [2.75, 3.05) is 5.75 Å². The van der Waals surface area contributed by atoms with Gasteiger partial charge in [0.1, 0.15) is 11.9 Å². The van der Waals surface area contributed by atoms with E-state index in [1.54, 1.807) is 6.07 Å². The minimum Gasteiger partial charge on any atom is -0.480 e. The molecule has 0 bridgehead atoms. The molecule has 0 aliphatic rings. The van der Waals surface area contributed by atoms with Crippen LogP contribution in [0, 0.1) is 12.7 Å². The van der Waals surface area contributed by atoms with Crippen LogP contribution in [-0.4, -0.2) is 22.9 Å². The van der Waals surface area contributed by atoms with Gasteiger partial charge in [-0.3, -0.25) is 4.79 Å². The van der Waals surface area contributed by atoms with E-state index in [4.69, 9.17) is 10.8 Å². The first-order valence-electron chi connectivity index (χ1n) is 4.82. The van der Waals surface area contributed by atoms with Crippen molar-refractivity contribution in [1.82, 2.24) is 0 Å². The maximum absolute atomic E-state index is 12.9. The Morgan fingerprint density at radius 2 is 2.31 bits per heavy atom. The largest absolute Gasteiger partial charge is 0.480 e. The molecule has 5 heteroatoms. The molecule has 0 saturated carbocycles. The molecule has 0 aliphatic carbocycles. The fourth-order valence-corrected chi connectivity index (χ4v) is 2.21. The minimum atomic E-state index is -1.01. The van der Waals surface area contributed by atoms with Crippen molar-refractivity contribution in [3.05, 3.63) is 35.1 Å². The Labute approximate surface area is 97.8 Å². The summed E-state index contributed by atoms with van der Waals surface area (Å²) in [5.41, 5.74) is 7.23. The quantitative estimate of drug-likeness (QED) is 0.827. The number of hydrogen-bond acceptors (Lipinski definition) is 3. The Bertz CT molecular complexity index is 384. The molecule has 0 heterocycles. The Kier molecular flexibility index (Phi) is 4.76. The van der Waals surface area contributed by atoms with Crippen molar-refractivity contribution in [3.8, 4) is 0 Å². The molecule has 0 aliphatic heterocycles. The van der Waals surface area contributed by atoms with E-state index in [0.29, 0.717) is 11.5 Å². The molecule has 1 aromatic carbocycles. The number of hydrogen-bond donors (Lipinski definition) is 2. The third kappa shape index (κ3) is 3.83. The summed E-state index contributed by atoms with van der Waals surface area (Å²) < 4.78 is 12.9. The zero-order chi connectivity index (χ0) is 12.1. The summed E-state index contributed by atoms with van der Waals surface area (Å²) in [4.78, 5) is 10.5. The molecule has 16 heavy (non-hydrogen) atoms. The number of carboxylic acid groups (broad SMARTS) is 1. The standard InChI is InChI=1S/C11H14FNO2S/c1-7-2-3-9(12)4-8(7)5-16-6-10(13)11(14)15/h2-4,10H,5-6,13H2,1H3,(H,14,15)/t10-/m0/s1. The van der Waals surface area contributed by atoms with Gasteiger partial charge in [0.2, 0.25) is 0 Å². The lowest BCUT2D eigenvalue weighted by Gasteiger charge is -2.08. The normalized spacial score (nSPS) is 12.4. The Morgan fingerprint density at radius 1 is 1.62 bits per heavy atom. The van der Waals surface area contributed by atoms with Crippen LogP contribution in [0.1, 0.15) is 11.1 Å². The number of benzene rings is 1. The van der Waals surface area contributed by atoms with Crippen molar-refractivity contribution in [1.29, 1.82) is 0 Å². The number of carboxylic acids is 1. The highest BCUT2D eigenvalue weighted by atomic mass is 32.2. The van der Waals surface area contributed by atoms with Crippen molar-refractivity contribution in [2.45, 2.75) is 18.7 Å². The molecule has 3 nitrogen and oxygen atoms in total. The maximum Gasteiger partial charge on any atom is 0.321 e. The van der Waals surface area contributed by atoms with Gasteiger partial charge in [0.15, 0.2) is 0 Å². The highest BCUT2D eigenvalue weighted by Crippen LogP contribution is 2.17. The first kappa shape index (κ1) is 13.0. The smallest absolute Gasteiger partial charge is 0.321 e. The zero-order valence-corrected chi connectivity index (χ0v) is 9.76. The summed E-state index contributed by atoms with van der Waals surface area (Å²) in [6.45, 7) is 1.90. The second-order valence-corrected chi connectivity index (χ2v) is 4.56. The summed E-state index contributed by atoms with van der Waals surface area (Å²) in [6.07, 6.45) is 0. The van der Waals surface area contributed by atoms with Crippen molar-refractivity contribution >= 4 is 17.7 Å². The summed E-state index contributed by atoms with van der Waals surface area (Å²) >= 11 is 1.39. The van der Waals surface area contributed by atoms with Gasteiger partial charge in [0, 0.05) is 11.5 Å². The van der Waals surface area contributed by atoms with Crippen LogP contribution in [0.5, 0.6) is 0 Å². The number of thioether (sulfide) groups is 1. The van der Waals surface area contributed by atoms with E-state index in [9.17, 15) is 9.18 Å². The number of aliphatic carboxylic acids is 1. The average molecular weight is 243 g/mol. The number of halogens is 1. The van der Waals surface area contributed by atoms with Crippen LogP contribution >= 0.6 is 11.8 Å². The third-order valence-electron chi connectivity index (χ3n) is 2.18. The molecule has 1 rings (SSSR count). The van der Waals surface area contributed by atoms with Crippen LogP contribution in [0.25, 0.3) is 0 Å². The lowest BCUT2D eigenvalue weighted by Crippen LogP contribution is -2.32. The van der Waals surface area contributed by atoms with Gasteiger partial charge in [-0.05, 0) is 30.2 Å². The Balaban J connectivity index is 2.48. The van der Waals surface area contributed by atoms with Crippen molar-refractivity contribution in [2.24, 2.45) is 5.73 Å². The highest BCUT2D eigenvalue weighted by Gasteiger charge is 2.11. The molecule has 3 N–H and O–H groups in total. The van der Waals surface area contributed by atoms with Crippen LogP contribution in [0.4, 0.5) is 4.39 Å². The average Bonchev–Trinajstić information content (AvgIpc) is 2.22. The lowest BCUT2D eigenvalue weighted by molar-refractivity contribution is -0.137. The van der Waals surface area contributed by atoms with Crippen LogP contribution in [0.15, 0.2) is 18.2 Å². The maximum atomic E-state index is 12.9. The van der Waals surface area contributed by atoms with Crippen LogP contribution < -0.4 is 5.73 Å². The Hall–Kier alpha value is -1.07. The predicted octanol–water partition coefficient (Wildman–Crippen LogP) is 1.78. The first-order valence-corrected chi connectivity index (χ1v) is 5.97. The lowest BCUT2D eigenvalue weighted by atomic mass is 10.1. The summed E-state index contributed by atoms with van der Waals surface area (Å²) in [5, 5.41) is 8.58. The van der Waals surface area contributed by atoms with Crippen molar-refractivity contribution < 1.29 is 14.3 Å². The molecule has 0 fully saturated rings. The van der Waals surface area contributed by atoms with Gasteiger partial charge in [-0.15, -0.1) is 0 Å². The monoisotopic (exact) mass is 243 g/mol. The Morgan fingerprint density at radius 3 is 2.94 bits per heavy atom. The molecule has 0 amide bonds. The zero-order valence-electron chi connectivity index (χ0n) is 8.94. The van der Waals surface area contributed by atoms with Crippen molar-refractivity contribution in [3.63, 3.8) is 0 Å². The molecule has 0 unspecified atom stereocenters. The van der Waals surface area contributed by atoms with Gasteiger partial charge in [0.05, 0.1) is 0 Å². The second-order valence-electron chi connectivity index (χ2n) is 3.53. The molecule has 0 aromatic heterocycles. The summed E-state index contributed by atoms with van der Waals surface area (Å²) in [6, 6.07) is 3.72. The number of nitrogens with two attached hydrogens (primary N) is 1. The predicted molar refractivity (Wildman–Crippen MR) is 62.9 cm³/mol. The fourth-order valence-electron chi connectivity index (χ4n) is 1.16. The molecular weight excluding hydrogens is 229 g/mol. The van der Waals surface area contributed by atoms with Crippen LogP contribution in [0.3, 0.4) is 0 Å². The molecule has 1 aromatic rings. The van der Waals surface area contributed by atoms with Gasteiger partial charge < -0.3 is 10.8 Å². The third-order valence-corrected chi connectivity index (χ3v) is 3.29. The molecule has 1 atom stereocenters. The minimum absolute atomic E-state index is 0.274. The van der Waals surface area contributed by atoms with Gasteiger partial charge in [-0.2, -0.15) is 11.8 Å². The highest BCUT2D eigenvalue weighted by molar-refractivity contribution is 7.98. The van der Waals surface area contributed by atoms with E-state index in [0.717, 1.165) is 11.1 Å². The van der Waals surface area contributed by atoms with Gasteiger partial charge >= 0.3 is 5.97 Å². The van der Waals surface area contributed by atoms with E-state index in [1.807, 2.05) is 6.92 Å². The number of aryl methyl sites for hydroxylation is 1. The first-order chi connectivity index (χ1) is 7.50. The summed E-state index contributed by atoms with van der Waals surface area (Å²) in [7, 11) is 0. The van der Waals surface area contributed by atoms with E-state index in [-0.39, 0.29) is 5.82 Å². The molecule has 88 valence electrons. The van der Waals surface area contributed by atoms with Crippen LogP contribution in [0.2, 0.25) is 0 Å². The van der Waals surface area contributed by atoms with Gasteiger partial charge in [0.25, 0.3) is 0 Å².